The minimum atomic E-state index is -3.59. The molecule has 0 aliphatic carbocycles. The van der Waals surface area contributed by atoms with Crippen LogP contribution >= 0.6 is 0 Å². The van der Waals surface area contributed by atoms with E-state index < -0.39 is 16.1 Å². The van der Waals surface area contributed by atoms with Gasteiger partial charge >= 0.3 is 0 Å². The van der Waals surface area contributed by atoms with Crippen LogP contribution in [0.4, 0.5) is 0 Å². The summed E-state index contributed by atoms with van der Waals surface area (Å²) in [5.41, 5.74) is 4.10. The van der Waals surface area contributed by atoms with Crippen LogP contribution in [0.5, 0.6) is 0 Å². The van der Waals surface area contributed by atoms with Crippen molar-refractivity contribution in [3.05, 3.63) is 70.8 Å². The maximum atomic E-state index is 12.7. The van der Waals surface area contributed by atoms with Gasteiger partial charge in [0.05, 0.1) is 11.8 Å². The van der Waals surface area contributed by atoms with Gasteiger partial charge in [-0.3, -0.25) is 4.79 Å². The van der Waals surface area contributed by atoms with Crippen molar-refractivity contribution in [2.45, 2.75) is 38.6 Å². The van der Waals surface area contributed by atoms with Crippen molar-refractivity contribution in [2.24, 2.45) is 0 Å². The Balaban J connectivity index is 1.64. The molecule has 0 fully saturated rings. The van der Waals surface area contributed by atoms with E-state index in [1.807, 2.05) is 43.3 Å². The molecule has 0 bridgehead atoms. The van der Waals surface area contributed by atoms with E-state index in [2.05, 4.69) is 10.8 Å². The van der Waals surface area contributed by atoms with E-state index in [1.54, 1.807) is 17.9 Å². The molecule has 0 saturated heterocycles. The third-order valence-corrected chi connectivity index (χ3v) is 6.03. The number of benzene rings is 2. The Bertz CT molecular complexity index is 909. The van der Waals surface area contributed by atoms with Crippen molar-refractivity contribution in [1.82, 2.24) is 9.62 Å². The van der Waals surface area contributed by atoms with Crippen LogP contribution < -0.4 is 4.72 Å². The van der Waals surface area contributed by atoms with Crippen LogP contribution in [0.15, 0.2) is 48.5 Å². The van der Waals surface area contributed by atoms with Gasteiger partial charge in [-0.1, -0.05) is 54.1 Å². The highest BCUT2D eigenvalue weighted by atomic mass is 32.2. The van der Waals surface area contributed by atoms with Crippen LogP contribution in [0.1, 0.15) is 29.2 Å². The van der Waals surface area contributed by atoms with E-state index in [-0.39, 0.29) is 11.7 Å². The molecule has 6 heteroatoms. The van der Waals surface area contributed by atoms with Crippen LogP contribution in [0.3, 0.4) is 0 Å². The van der Waals surface area contributed by atoms with Crippen molar-refractivity contribution < 1.29 is 13.2 Å². The van der Waals surface area contributed by atoms with E-state index >= 15 is 0 Å². The Kier molecular flexibility index (Phi) is 5.44. The Morgan fingerprint density at radius 3 is 2.62 bits per heavy atom. The van der Waals surface area contributed by atoms with E-state index in [0.29, 0.717) is 18.7 Å². The molecule has 0 aromatic heterocycles. The van der Waals surface area contributed by atoms with Crippen LogP contribution in [-0.4, -0.2) is 31.8 Å². The lowest BCUT2D eigenvalue weighted by Crippen LogP contribution is -2.48. The number of nitrogens with one attached hydrogen (secondary N) is 1. The predicted octanol–water partition coefficient (Wildman–Crippen LogP) is 2.39. The predicted molar refractivity (Wildman–Crippen MR) is 102 cm³/mol. The van der Waals surface area contributed by atoms with Crippen molar-refractivity contribution in [2.75, 3.05) is 6.54 Å². The lowest BCUT2D eigenvalue weighted by Gasteiger charge is -2.31. The third kappa shape index (κ3) is 4.51. The van der Waals surface area contributed by atoms with Crippen molar-refractivity contribution in [3.63, 3.8) is 0 Å². The van der Waals surface area contributed by atoms with Crippen molar-refractivity contribution >= 4 is 15.9 Å². The molecule has 26 heavy (non-hydrogen) atoms. The van der Waals surface area contributed by atoms with Gasteiger partial charge in [0.15, 0.2) is 0 Å². The molecule has 2 aromatic carbocycles. The molecule has 5 nitrogen and oxygen atoms in total. The molecule has 0 saturated carbocycles. The van der Waals surface area contributed by atoms with Crippen molar-refractivity contribution in [1.29, 1.82) is 0 Å². The van der Waals surface area contributed by atoms with Gasteiger partial charge in [-0.25, -0.2) is 13.1 Å². The molecule has 1 aliphatic heterocycles. The van der Waals surface area contributed by atoms with E-state index in [1.165, 1.54) is 5.56 Å². The first-order valence-electron chi connectivity index (χ1n) is 8.75. The summed E-state index contributed by atoms with van der Waals surface area (Å²) in [6, 6.07) is 14.6. The molecule has 0 unspecified atom stereocenters. The standard InChI is InChI=1S/C20H24N2O3S/c1-15-6-5-7-17(12-15)14-26(24,25)21-16(2)20(23)22-11-10-18-8-3-4-9-19(18)13-22/h3-9,12,16,21H,10-11,13-14H2,1-2H3/t16-/m0/s1. The monoisotopic (exact) mass is 372 g/mol. The normalized spacial score (nSPS) is 15.4. The lowest BCUT2D eigenvalue weighted by atomic mass is 9.99. The number of rotatable bonds is 5. The van der Waals surface area contributed by atoms with E-state index in [4.69, 9.17) is 0 Å². The fourth-order valence-corrected chi connectivity index (χ4v) is 4.68. The number of aryl methyl sites for hydroxylation is 1. The molecule has 1 heterocycles. The fraction of sp³-hybridized carbons (Fsp3) is 0.350. The zero-order valence-corrected chi connectivity index (χ0v) is 15.9. The summed E-state index contributed by atoms with van der Waals surface area (Å²) >= 11 is 0. The van der Waals surface area contributed by atoms with Crippen LogP contribution in [-0.2, 0) is 33.5 Å². The van der Waals surface area contributed by atoms with Crippen LogP contribution in [0.25, 0.3) is 0 Å². The number of carbonyl (C=O) groups is 1. The summed E-state index contributed by atoms with van der Waals surface area (Å²) in [7, 11) is -3.59. The summed E-state index contributed by atoms with van der Waals surface area (Å²) in [5, 5.41) is 0. The van der Waals surface area contributed by atoms with Gasteiger partial charge in [-0.2, -0.15) is 0 Å². The van der Waals surface area contributed by atoms with Crippen molar-refractivity contribution in [3.8, 4) is 0 Å². The molecule has 3 rings (SSSR count). The van der Waals surface area contributed by atoms with Gasteiger partial charge in [0.2, 0.25) is 15.9 Å². The Morgan fingerprint density at radius 2 is 1.88 bits per heavy atom. The molecule has 1 N–H and O–H groups in total. The van der Waals surface area contributed by atoms with Crippen LogP contribution in [0, 0.1) is 6.92 Å². The quantitative estimate of drug-likeness (QED) is 0.876. The molecule has 2 aromatic rings. The fourth-order valence-electron chi connectivity index (χ4n) is 3.34. The Labute approximate surface area is 155 Å². The highest BCUT2D eigenvalue weighted by Crippen LogP contribution is 2.19. The third-order valence-electron chi connectivity index (χ3n) is 4.61. The molecule has 1 aliphatic rings. The van der Waals surface area contributed by atoms with E-state index in [0.717, 1.165) is 17.5 Å². The van der Waals surface area contributed by atoms with E-state index in [9.17, 15) is 13.2 Å². The lowest BCUT2D eigenvalue weighted by molar-refractivity contribution is -0.133. The summed E-state index contributed by atoms with van der Waals surface area (Å²) in [4.78, 5) is 14.4. The van der Waals surface area contributed by atoms with Crippen LogP contribution in [0.2, 0.25) is 0 Å². The second kappa shape index (κ2) is 7.60. The van der Waals surface area contributed by atoms with Gasteiger partial charge in [0, 0.05) is 13.1 Å². The number of hydrogen-bond acceptors (Lipinski definition) is 3. The maximum absolute atomic E-state index is 12.7. The van der Waals surface area contributed by atoms with Gasteiger partial charge in [0.1, 0.15) is 0 Å². The highest BCUT2D eigenvalue weighted by Gasteiger charge is 2.27. The topological polar surface area (TPSA) is 66.5 Å². The molecule has 1 atom stereocenters. The maximum Gasteiger partial charge on any atom is 0.240 e. The average Bonchev–Trinajstić information content (AvgIpc) is 2.59. The molecular weight excluding hydrogens is 348 g/mol. The second-order valence-electron chi connectivity index (χ2n) is 6.87. The number of nitrogens with zero attached hydrogens (tertiary/aromatic N) is 1. The summed E-state index contributed by atoms with van der Waals surface area (Å²) < 4.78 is 27.4. The molecule has 0 spiro atoms. The Morgan fingerprint density at radius 1 is 1.15 bits per heavy atom. The van der Waals surface area contributed by atoms with Gasteiger partial charge in [-0.15, -0.1) is 0 Å². The smallest absolute Gasteiger partial charge is 0.240 e. The first kappa shape index (κ1) is 18.6. The average molecular weight is 372 g/mol. The highest BCUT2D eigenvalue weighted by molar-refractivity contribution is 7.88. The number of sulfonamides is 1. The largest absolute Gasteiger partial charge is 0.337 e. The number of fused-ring (bicyclic) bond motifs is 1. The molecule has 1 amide bonds. The van der Waals surface area contributed by atoms with Gasteiger partial charge < -0.3 is 4.90 Å². The second-order valence-corrected chi connectivity index (χ2v) is 8.62. The SMILES string of the molecule is Cc1cccc(CS(=O)(=O)N[C@@H](C)C(=O)N2CCc3ccccc3C2)c1. The Hall–Kier alpha value is -2.18. The minimum absolute atomic E-state index is 0.130. The number of carbonyl (C=O) groups excluding carboxylic acids is 1. The summed E-state index contributed by atoms with van der Waals surface area (Å²) in [6.07, 6.45) is 0.796. The zero-order valence-electron chi connectivity index (χ0n) is 15.1. The summed E-state index contributed by atoms with van der Waals surface area (Å²) in [5.74, 6) is -0.317. The number of amides is 1. The van der Waals surface area contributed by atoms with Gasteiger partial charge in [0.25, 0.3) is 0 Å². The zero-order chi connectivity index (χ0) is 18.7. The first-order valence-corrected chi connectivity index (χ1v) is 10.4. The molecule has 138 valence electrons. The number of hydrogen-bond donors (Lipinski definition) is 1. The molecule has 0 radical (unpaired) electrons. The molecular formula is C20H24N2O3S. The first-order chi connectivity index (χ1) is 12.3. The summed E-state index contributed by atoms with van der Waals surface area (Å²) in [6.45, 7) is 4.67. The van der Waals surface area contributed by atoms with Gasteiger partial charge in [-0.05, 0) is 37.0 Å². The minimum Gasteiger partial charge on any atom is -0.337 e.